The summed E-state index contributed by atoms with van der Waals surface area (Å²) in [5.74, 6) is 2.50. The van der Waals surface area contributed by atoms with Crippen molar-refractivity contribution in [1.29, 1.82) is 0 Å². The van der Waals surface area contributed by atoms with Crippen molar-refractivity contribution in [2.24, 2.45) is 0 Å². The Bertz CT molecular complexity index is 1100. The van der Waals surface area contributed by atoms with Crippen LogP contribution in [0.15, 0.2) is 42.6 Å². The van der Waals surface area contributed by atoms with E-state index < -0.39 is 0 Å². The van der Waals surface area contributed by atoms with Gasteiger partial charge in [0.05, 0.1) is 11.6 Å². The Morgan fingerprint density at radius 2 is 1.91 bits per heavy atom. The van der Waals surface area contributed by atoms with E-state index in [0.29, 0.717) is 48.3 Å². The Balaban J connectivity index is 1.35. The lowest BCUT2D eigenvalue weighted by molar-refractivity contribution is -0.131. The fraction of sp³-hybridized carbons (Fsp3) is 0.364. The SMILES string of the molecule is CCOc1ccc(-c2n[nH]c(=S)n2CCC(=O)N2CCN(c3ccc(Cl)cn3)CC2)cc1. The van der Waals surface area contributed by atoms with Gasteiger partial charge in [-0.2, -0.15) is 5.10 Å². The molecule has 1 saturated heterocycles. The molecule has 3 heterocycles. The number of hydrogen-bond donors (Lipinski definition) is 1. The van der Waals surface area contributed by atoms with Gasteiger partial charge >= 0.3 is 0 Å². The molecule has 32 heavy (non-hydrogen) atoms. The molecule has 0 spiro atoms. The van der Waals surface area contributed by atoms with Gasteiger partial charge in [-0.05, 0) is 55.5 Å². The van der Waals surface area contributed by atoms with Crippen LogP contribution in [0.25, 0.3) is 11.4 Å². The minimum atomic E-state index is 0.106. The Labute approximate surface area is 196 Å². The summed E-state index contributed by atoms with van der Waals surface area (Å²) in [6.45, 7) is 5.83. The highest BCUT2D eigenvalue weighted by atomic mass is 35.5. The molecule has 168 valence electrons. The molecule has 0 unspecified atom stereocenters. The van der Waals surface area contributed by atoms with Crippen LogP contribution in [0, 0.1) is 4.77 Å². The summed E-state index contributed by atoms with van der Waals surface area (Å²) in [7, 11) is 0. The van der Waals surface area contributed by atoms with Gasteiger partial charge in [0, 0.05) is 50.9 Å². The van der Waals surface area contributed by atoms with Crippen molar-refractivity contribution in [3.8, 4) is 17.1 Å². The molecule has 0 atom stereocenters. The second kappa shape index (κ2) is 10.1. The van der Waals surface area contributed by atoms with Crippen LogP contribution in [-0.4, -0.2) is 63.3 Å². The number of carbonyl (C=O) groups excluding carboxylic acids is 1. The summed E-state index contributed by atoms with van der Waals surface area (Å²) in [6, 6.07) is 11.4. The highest BCUT2D eigenvalue weighted by Gasteiger charge is 2.22. The van der Waals surface area contributed by atoms with Crippen molar-refractivity contribution in [1.82, 2.24) is 24.6 Å². The number of aromatic amines is 1. The number of ether oxygens (including phenoxy) is 1. The maximum atomic E-state index is 12.8. The fourth-order valence-corrected chi connectivity index (χ4v) is 4.05. The molecule has 1 aliphatic rings. The monoisotopic (exact) mass is 472 g/mol. The number of pyridine rings is 1. The number of halogens is 1. The van der Waals surface area contributed by atoms with E-state index in [0.717, 1.165) is 30.2 Å². The first kappa shape index (κ1) is 22.3. The van der Waals surface area contributed by atoms with Crippen molar-refractivity contribution in [2.75, 3.05) is 37.7 Å². The number of amides is 1. The van der Waals surface area contributed by atoms with Crippen LogP contribution in [0.1, 0.15) is 13.3 Å². The quantitative estimate of drug-likeness (QED) is 0.527. The molecule has 10 heteroatoms. The molecular weight excluding hydrogens is 448 g/mol. The first-order valence-corrected chi connectivity index (χ1v) is 11.4. The van der Waals surface area contributed by atoms with Crippen LogP contribution in [0.3, 0.4) is 0 Å². The zero-order valence-corrected chi connectivity index (χ0v) is 19.4. The van der Waals surface area contributed by atoms with Gasteiger partial charge in [-0.15, -0.1) is 0 Å². The van der Waals surface area contributed by atoms with Gasteiger partial charge in [-0.3, -0.25) is 14.5 Å². The molecule has 1 aliphatic heterocycles. The van der Waals surface area contributed by atoms with E-state index in [1.165, 1.54) is 0 Å². The van der Waals surface area contributed by atoms with Crippen molar-refractivity contribution in [2.45, 2.75) is 19.9 Å². The molecule has 8 nitrogen and oxygen atoms in total. The second-order valence-electron chi connectivity index (χ2n) is 7.41. The van der Waals surface area contributed by atoms with Gasteiger partial charge < -0.3 is 14.5 Å². The molecule has 1 fully saturated rings. The molecule has 4 rings (SSSR count). The molecule has 0 bridgehead atoms. The van der Waals surface area contributed by atoms with E-state index in [2.05, 4.69) is 20.1 Å². The molecule has 0 aliphatic carbocycles. The molecule has 2 aromatic heterocycles. The highest BCUT2D eigenvalue weighted by molar-refractivity contribution is 7.71. The van der Waals surface area contributed by atoms with Crippen LogP contribution in [0.2, 0.25) is 5.02 Å². The number of anilines is 1. The molecule has 0 radical (unpaired) electrons. The van der Waals surface area contributed by atoms with Crippen molar-refractivity contribution < 1.29 is 9.53 Å². The molecule has 0 saturated carbocycles. The maximum absolute atomic E-state index is 12.8. The number of H-pyrrole nitrogens is 1. The normalized spacial score (nSPS) is 13.9. The van der Waals surface area contributed by atoms with E-state index in [9.17, 15) is 4.79 Å². The average molecular weight is 473 g/mol. The predicted octanol–water partition coefficient (Wildman–Crippen LogP) is 3.79. The molecule has 1 N–H and O–H groups in total. The third-order valence-electron chi connectivity index (χ3n) is 5.40. The number of rotatable bonds is 7. The number of benzene rings is 1. The number of nitrogens with one attached hydrogen (secondary N) is 1. The molecular formula is C22H25ClN6O2S. The molecule has 1 amide bonds. The third kappa shape index (κ3) is 5.11. The highest BCUT2D eigenvalue weighted by Crippen LogP contribution is 2.22. The maximum Gasteiger partial charge on any atom is 0.224 e. The van der Waals surface area contributed by atoms with E-state index in [1.807, 2.05) is 52.8 Å². The smallest absolute Gasteiger partial charge is 0.224 e. The van der Waals surface area contributed by atoms with Crippen molar-refractivity contribution >= 4 is 35.5 Å². The summed E-state index contributed by atoms with van der Waals surface area (Å²) >= 11 is 11.3. The van der Waals surface area contributed by atoms with Gasteiger partial charge in [-0.1, -0.05) is 11.6 Å². The number of aromatic nitrogens is 4. The predicted molar refractivity (Wildman–Crippen MR) is 127 cm³/mol. The molecule has 1 aromatic carbocycles. The van der Waals surface area contributed by atoms with Gasteiger partial charge in [0.15, 0.2) is 10.6 Å². The third-order valence-corrected chi connectivity index (χ3v) is 5.93. The van der Waals surface area contributed by atoms with Crippen molar-refractivity contribution in [3.05, 3.63) is 52.4 Å². The number of nitrogens with zero attached hydrogens (tertiary/aromatic N) is 5. The zero-order chi connectivity index (χ0) is 22.5. The summed E-state index contributed by atoms with van der Waals surface area (Å²) in [6.07, 6.45) is 2.00. The van der Waals surface area contributed by atoms with Gasteiger partial charge in [-0.25, -0.2) is 4.98 Å². The van der Waals surface area contributed by atoms with Crippen LogP contribution >= 0.6 is 23.8 Å². The van der Waals surface area contributed by atoms with E-state index >= 15 is 0 Å². The Morgan fingerprint density at radius 1 is 1.16 bits per heavy atom. The average Bonchev–Trinajstić information content (AvgIpc) is 3.19. The lowest BCUT2D eigenvalue weighted by Crippen LogP contribution is -2.49. The summed E-state index contributed by atoms with van der Waals surface area (Å²) < 4.78 is 7.87. The van der Waals surface area contributed by atoms with Gasteiger partial charge in [0.1, 0.15) is 11.6 Å². The van der Waals surface area contributed by atoms with Gasteiger partial charge in [0.2, 0.25) is 5.91 Å². The minimum absolute atomic E-state index is 0.106. The first-order valence-electron chi connectivity index (χ1n) is 10.6. The zero-order valence-electron chi connectivity index (χ0n) is 17.8. The fourth-order valence-electron chi connectivity index (χ4n) is 3.72. The Morgan fingerprint density at radius 3 is 2.56 bits per heavy atom. The molecule has 3 aromatic rings. The standard InChI is InChI=1S/C22H25ClN6O2S/c1-2-31-18-6-3-16(4-7-18)21-25-26-22(32)29(21)10-9-20(30)28-13-11-27(12-14-28)19-8-5-17(23)15-24-19/h3-8,15H,2,9-14H2,1H3,(H,26,32). The summed E-state index contributed by atoms with van der Waals surface area (Å²) in [5.41, 5.74) is 0.914. The summed E-state index contributed by atoms with van der Waals surface area (Å²) in [4.78, 5) is 21.3. The minimum Gasteiger partial charge on any atom is -0.494 e. The Kier molecular flexibility index (Phi) is 7.06. The van der Waals surface area contributed by atoms with Crippen LogP contribution in [0.5, 0.6) is 5.75 Å². The lowest BCUT2D eigenvalue weighted by atomic mass is 10.2. The lowest BCUT2D eigenvalue weighted by Gasteiger charge is -2.35. The largest absolute Gasteiger partial charge is 0.494 e. The second-order valence-corrected chi connectivity index (χ2v) is 8.24. The topological polar surface area (TPSA) is 79.3 Å². The van der Waals surface area contributed by atoms with E-state index in [-0.39, 0.29) is 5.91 Å². The first-order chi connectivity index (χ1) is 15.5. The van der Waals surface area contributed by atoms with Gasteiger partial charge in [0.25, 0.3) is 0 Å². The number of carbonyl (C=O) groups is 1. The van der Waals surface area contributed by atoms with Crippen molar-refractivity contribution in [3.63, 3.8) is 0 Å². The van der Waals surface area contributed by atoms with Crippen LogP contribution in [-0.2, 0) is 11.3 Å². The van der Waals surface area contributed by atoms with Crippen LogP contribution < -0.4 is 9.64 Å². The Hall–Kier alpha value is -2.91. The van der Waals surface area contributed by atoms with E-state index in [4.69, 9.17) is 28.6 Å². The number of piperazine rings is 1. The number of hydrogen-bond acceptors (Lipinski definition) is 6. The van der Waals surface area contributed by atoms with Crippen LogP contribution in [0.4, 0.5) is 5.82 Å². The summed E-state index contributed by atoms with van der Waals surface area (Å²) in [5, 5.41) is 7.82. The van der Waals surface area contributed by atoms with E-state index in [1.54, 1.807) is 6.20 Å².